The standard InChI is InChI=1S/C21H24N2O/c1-5-12-23-20(14-18-9-7-17(6-2)8-10-18)16(3)19-15-22-13-11-21(19)24-4/h5,7-13,15H,3,6,14H2,1-2,4H3/b12-5-,23-20-. The molecule has 124 valence electrons. The predicted molar refractivity (Wildman–Crippen MR) is 102 cm³/mol. The Hall–Kier alpha value is -2.68. The van der Waals surface area contributed by atoms with E-state index in [1.54, 1.807) is 25.7 Å². The average molecular weight is 320 g/mol. The molecule has 0 unspecified atom stereocenters. The zero-order valence-electron chi connectivity index (χ0n) is 14.6. The number of hydrogen-bond acceptors (Lipinski definition) is 3. The topological polar surface area (TPSA) is 34.5 Å². The SMILES string of the molecule is C=C(/C(Cc1ccc(CC)cc1)=N\C=C/C)c1cnccc1OC. The lowest BCUT2D eigenvalue weighted by molar-refractivity contribution is 0.413. The van der Waals surface area contributed by atoms with Gasteiger partial charge < -0.3 is 4.74 Å². The molecule has 0 bridgehead atoms. The summed E-state index contributed by atoms with van der Waals surface area (Å²) in [5, 5.41) is 0. The predicted octanol–water partition coefficient (Wildman–Crippen LogP) is 4.88. The van der Waals surface area contributed by atoms with Crippen LogP contribution in [0.3, 0.4) is 0 Å². The van der Waals surface area contributed by atoms with Gasteiger partial charge in [-0.25, -0.2) is 0 Å². The summed E-state index contributed by atoms with van der Waals surface area (Å²) in [6.45, 7) is 8.34. The first-order valence-corrected chi connectivity index (χ1v) is 8.12. The van der Waals surface area contributed by atoms with Crippen LogP contribution in [0.25, 0.3) is 5.57 Å². The molecule has 0 fully saturated rings. The molecule has 0 N–H and O–H groups in total. The fourth-order valence-corrected chi connectivity index (χ4v) is 2.42. The molecule has 1 aromatic heterocycles. The molecule has 0 amide bonds. The van der Waals surface area contributed by atoms with Crippen molar-refractivity contribution in [3.05, 3.63) is 78.3 Å². The van der Waals surface area contributed by atoms with Gasteiger partial charge in [0.05, 0.1) is 12.8 Å². The van der Waals surface area contributed by atoms with Crippen molar-refractivity contribution in [2.24, 2.45) is 4.99 Å². The first kappa shape index (κ1) is 17.7. The van der Waals surface area contributed by atoms with Gasteiger partial charge in [0.25, 0.3) is 0 Å². The summed E-state index contributed by atoms with van der Waals surface area (Å²) < 4.78 is 5.43. The summed E-state index contributed by atoms with van der Waals surface area (Å²) in [6, 6.07) is 10.5. The molecule has 3 heteroatoms. The van der Waals surface area contributed by atoms with Gasteiger partial charge in [-0.05, 0) is 30.5 Å². The van der Waals surface area contributed by atoms with Crippen LogP contribution in [0.5, 0.6) is 5.75 Å². The molecule has 1 heterocycles. The van der Waals surface area contributed by atoms with E-state index in [0.717, 1.165) is 29.0 Å². The van der Waals surface area contributed by atoms with Crippen molar-refractivity contribution < 1.29 is 4.74 Å². The highest BCUT2D eigenvalue weighted by Gasteiger charge is 2.13. The average Bonchev–Trinajstić information content (AvgIpc) is 2.65. The lowest BCUT2D eigenvalue weighted by Gasteiger charge is -2.13. The number of benzene rings is 1. The van der Waals surface area contributed by atoms with Crippen molar-refractivity contribution >= 4 is 11.3 Å². The summed E-state index contributed by atoms with van der Waals surface area (Å²) in [5.74, 6) is 0.754. The Morgan fingerprint density at radius 1 is 1.21 bits per heavy atom. The number of pyridine rings is 1. The number of hydrogen-bond donors (Lipinski definition) is 0. The number of methoxy groups -OCH3 is 1. The van der Waals surface area contributed by atoms with Crippen molar-refractivity contribution in [3.8, 4) is 5.75 Å². The van der Waals surface area contributed by atoms with Gasteiger partial charge in [0.2, 0.25) is 0 Å². The first-order valence-electron chi connectivity index (χ1n) is 8.12. The number of aromatic nitrogens is 1. The van der Waals surface area contributed by atoms with Crippen LogP contribution in [0.1, 0.15) is 30.5 Å². The third kappa shape index (κ3) is 4.42. The van der Waals surface area contributed by atoms with Crippen LogP contribution in [0, 0.1) is 0 Å². The Balaban J connectivity index is 2.32. The highest BCUT2D eigenvalue weighted by atomic mass is 16.5. The molecule has 24 heavy (non-hydrogen) atoms. The Bertz CT molecular complexity index is 743. The number of aliphatic imine (C=N–C) groups is 1. The largest absolute Gasteiger partial charge is 0.496 e. The van der Waals surface area contributed by atoms with Gasteiger partial charge in [-0.3, -0.25) is 9.98 Å². The lowest BCUT2D eigenvalue weighted by Crippen LogP contribution is -2.07. The Labute approximate surface area is 144 Å². The van der Waals surface area contributed by atoms with E-state index >= 15 is 0 Å². The van der Waals surface area contributed by atoms with Gasteiger partial charge >= 0.3 is 0 Å². The van der Waals surface area contributed by atoms with Crippen molar-refractivity contribution in [1.29, 1.82) is 0 Å². The van der Waals surface area contributed by atoms with Crippen LogP contribution < -0.4 is 4.74 Å². The van der Waals surface area contributed by atoms with Crippen LogP contribution >= 0.6 is 0 Å². The van der Waals surface area contributed by atoms with E-state index in [4.69, 9.17) is 4.74 Å². The van der Waals surface area contributed by atoms with Crippen molar-refractivity contribution in [2.75, 3.05) is 7.11 Å². The van der Waals surface area contributed by atoms with E-state index in [2.05, 4.69) is 47.7 Å². The summed E-state index contributed by atoms with van der Waals surface area (Å²) in [7, 11) is 1.65. The molecule has 0 radical (unpaired) electrons. The molecule has 3 nitrogen and oxygen atoms in total. The minimum absolute atomic E-state index is 0.714. The molecule has 0 saturated carbocycles. The minimum atomic E-state index is 0.714. The van der Waals surface area contributed by atoms with Gasteiger partial charge in [-0.1, -0.05) is 43.8 Å². The van der Waals surface area contributed by atoms with E-state index in [0.29, 0.717) is 6.42 Å². The van der Waals surface area contributed by atoms with Crippen LogP contribution in [-0.4, -0.2) is 17.8 Å². The maximum absolute atomic E-state index is 5.43. The number of nitrogens with zero attached hydrogens (tertiary/aromatic N) is 2. The van der Waals surface area contributed by atoms with E-state index in [9.17, 15) is 0 Å². The van der Waals surface area contributed by atoms with Crippen molar-refractivity contribution in [1.82, 2.24) is 4.98 Å². The summed E-state index contributed by atoms with van der Waals surface area (Å²) in [4.78, 5) is 8.78. The molecule has 0 atom stereocenters. The molecule has 1 aromatic carbocycles. The lowest BCUT2D eigenvalue weighted by atomic mass is 9.97. The quantitative estimate of drug-likeness (QED) is 0.681. The smallest absolute Gasteiger partial charge is 0.129 e. The Morgan fingerprint density at radius 2 is 1.92 bits per heavy atom. The van der Waals surface area contributed by atoms with Crippen LogP contribution in [0.15, 0.2) is 66.6 Å². The zero-order chi connectivity index (χ0) is 17.4. The third-order valence-electron chi connectivity index (χ3n) is 3.86. The first-order chi connectivity index (χ1) is 11.7. The number of aryl methyl sites for hydroxylation is 1. The molecule has 0 spiro atoms. The Kier molecular flexibility index (Phi) is 6.50. The molecule has 0 saturated heterocycles. The fourth-order valence-electron chi connectivity index (χ4n) is 2.42. The second kappa shape index (κ2) is 8.82. The zero-order valence-corrected chi connectivity index (χ0v) is 14.6. The normalized spacial score (nSPS) is 11.7. The second-order valence-electron chi connectivity index (χ2n) is 5.46. The van der Waals surface area contributed by atoms with Crippen LogP contribution in [0.2, 0.25) is 0 Å². The number of allylic oxidation sites excluding steroid dienone is 2. The maximum atomic E-state index is 5.43. The molecule has 0 aliphatic carbocycles. The van der Waals surface area contributed by atoms with Crippen molar-refractivity contribution in [3.63, 3.8) is 0 Å². The Morgan fingerprint density at radius 3 is 2.54 bits per heavy atom. The van der Waals surface area contributed by atoms with Crippen LogP contribution in [0.4, 0.5) is 0 Å². The monoisotopic (exact) mass is 320 g/mol. The van der Waals surface area contributed by atoms with Gasteiger partial charge in [-0.15, -0.1) is 0 Å². The van der Waals surface area contributed by atoms with E-state index in [1.165, 1.54) is 11.1 Å². The minimum Gasteiger partial charge on any atom is -0.496 e. The third-order valence-corrected chi connectivity index (χ3v) is 3.86. The van der Waals surface area contributed by atoms with Gasteiger partial charge in [0, 0.05) is 36.2 Å². The van der Waals surface area contributed by atoms with Crippen LogP contribution in [-0.2, 0) is 12.8 Å². The van der Waals surface area contributed by atoms with E-state index in [1.807, 2.05) is 19.1 Å². The van der Waals surface area contributed by atoms with Gasteiger partial charge in [-0.2, -0.15) is 0 Å². The number of ether oxygens (including phenoxy) is 1. The second-order valence-corrected chi connectivity index (χ2v) is 5.46. The molecular formula is C21H24N2O. The summed E-state index contributed by atoms with van der Waals surface area (Å²) >= 11 is 0. The molecule has 2 rings (SSSR count). The maximum Gasteiger partial charge on any atom is 0.129 e. The molecular weight excluding hydrogens is 296 g/mol. The van der Waals surface area contributed by atoms with E-state index < -0.39 is 0 Å². The highest BCUT2D eigenvalue weighted by molar-refractivity contribution is 6.24. The fraction of sp³-hybridized carbons (Fsp3) is 0.238. The summed E-state index contributed by atoms with van der Waals surface area (Å²) in [5.41, 5.74) is 5.15. The number of rotatable bonds is 7. The highest BCUT2D eigenvalue weighted by Crippen LogP contribution is 2.26. The van der Waals surface area contributed by atoms with E-state index in [-0.39, 0.29) is 0 Å². The molecule has 0 aliphatic heterocycles. The molecule has 2 aromatic rings. The molecule has 0 aliphatic rings. The van der Waals surface area contributed by atoms with Gasteiger partial charge in [0.15, 0.2) is 0 Å². The van der Waals surface area contributed by atoms with Crippen molar-refractivity contribution in [2.45, 2.75) is 26.7 Å². The van der Waals surface area contributed by atoms with Gasteiger partial charge in [0.1, 0.15) is 5.75 Å². The summed E-state index contributed by atoms with van der Waals surface area (Å²) in [6.07, 6.45) is 8.94.